The van der Waals surface area contributed by atoms with Gasteiger partial charge in [0.25, 0.3) is 0 Å². The molecule has 0 spiro atoms. The number of aliphatic imine (C=N–C) groups is 1. The average Bonchev–Trinajstić information content (AvgIpc) is 3.97. The Hall–Kier alpha value is -5.98. The molecule has 4 heterocycles. The van der Waals surface area contributed by atoms with E-state index >= 15 is 0 Å². The molecule has 2 fully saturated rings. The van der Waals surface area contributed by atoms with Gasteiger partial charge in [0.15, 0.2) is 5.96 Å². The maximum Gasteiger partial charge on any atom is 0.246 e. The van der Waals surface area contributed by atoms with E-state index in [9.17, 15) is 33.9 Å². The van der Waals surface area contributed by atoms with Crippen molar-refractivity contribution in [3.8, 4) is 0 Å². The molecule has 2 aliphatic rings. The number of aromatic nitrogens is 3. The number of aromatic amines is 2. The maximum absolute atomic E-state index is 14.6. The van der Waals surface area contributed by atoms with Gasteiger partial charge in [0.2, 0.25) is 35.4 Å². The highest BCUT2D eigenvalue weighted by atomic mass is 16.3. The maximum atomic E-state index is 14.6. The summed E-state index contributed by atoms with van der Waals surface area (Å²) in [7, 11) is 0. The van der Waals surface area contributed by atoms with Crippen LogP contribution in [0.5, 0.6) is 0 Å². The predicted octanol–water partition coefficient (Wildman–Crippen LogP) is -1.41. The first-order valence-corrected chi connectivity index (χ1v) is 19.3. The minimum Gasteiger partial charge on any atom is -0.391 e. The van der Waals surface area contributed by atoms with Crippen LogP contribution in [0.1, 0.15) is 64.1 Å². The van der Waals surface area contributed by atoms with Crippen molar-refractivity contribution in [2.75, 3.05) is 13.1 Å². The van der Waals surface area contributed by atoms with Gasteiger partial charge in [-0.15, -0.1) is 0 Å². The highest BCUT2D eigenvalue weighted by Gasteiger charge is 2.41. The van der Waals surface area contributed by atoms with E-state index in [1.54, 1.807) is 13.1 Å². The van der Waals surface area contributed by atoms with Crippen LogP contribution in [-0.4, -0.2) is 122 Å². The van der Waals surface area contributed by atoms with Gasteiger partial charge in [-0.3, -0.25) is 33.8 Å². The minimum absolute atomic E-state index is 0.0301. The van der Waals surface area contributed by atoms with Crippen molar-refractivity contribution in [3.63, 3.8) is 0 Å². The Morgan fingerprint density at radius 3 is 2.26 bits per heavy atom. The molecule has 8 atom stereocenters. The Labute approximate surface area is 329 Å². The number of aliphatic hydroxyl groups excluding tert-OH is 1. The van der Waals surface area contributed by atoms with E-state index in [1.165, 1.54) is 24.3 Å². The van der Waals surface area contributed by atoms with Gasteiger partial charge in [0, 0.05) is 54.9 Å². The lowest BCUT2D eigenvalue weighted by Crippen LogP contribution is -2.63. The first kappa shape index (κ1) is 42.2. The van der Waals surface area contributed by atoms with Crippen molar-refractivity contribution in [2.24, 2.45) is 22.4 Å². The third kappa shape index (κ3) is 10.7. The van der Waals surface area contributed by atoms with Crippen LogP contribution in [0.15, 0.2) is 48.0 Å². The van der Waals surface area contributed by atoms with Gasteiger partial charge in [-0.2, -0.15) is 0 Å². The number of fused-ring (bicyclic) bond motifs is 2. The van der Waals surface area contributed by atoms with E-state index in [2.05, 4.69) is 46.5 Å². The number of nitrogens with two attached hydrogens (primary N) is 2. The summed E-state index contributed by atoms with van der Waals surface area (Å²) < 4.78 is 0. The second-order valence-electron chi connectivity index (χ2n) is 14.8. The molecular formula is C38H54N12O7. The third-order valence-electron chi connectivity index (χ3n) is 10.6. The molecular weight excluding hydrogens is 736 g/mol. The topological polar surface area (TPSA) is 295 Å². The molecule has 0 unspecified atom stereocenters. The van der Waals surface area contributed by atoms with Crippen molar-refractivity contribution in [1.82, 2.24) is 46.4 Å². The Balaban J connectivity index is 1.57. The van der Waals surface area contributed by atoms with Crippen molar-refractivity contribution < 1.29 is 33.9 Å². The highest BCUT2D eigenvalue weighted by molar-refractivity contribution is 5.99. The molecule has 57 heavy (non-hydrogen) atoms. The first-order valence-electron chi connectivity index (χ1n) is 19.3. The summed E-state index contributed by atoms with van der Waals surface area (Å²) in [6, 6.07) is 0.0820. The van der Waals surface area contributed by atoms with Gasteiger partial charge in [0.05, 0.1) is 12.4 Å². The van der Waals surface area contributed by atoms with E-state index in [0.29, 0.717) is 18.5 Å². The summed E-state index contributed by atoms with van der Waals surface area (Å²) in [6.45, 7) is 5.22. The fourth-order valence-corrected chi connectivity index (χ4v) is 7.23. The van der Waals surface area contributed by atoms with Gasteiger partial charge in [0.1, 0.15) is 36.3 Å². The van der Waals surface area contributed by atoms with Gasteiger partial charge < -0.3 is 58.0 Å². The number of rotatable bonds is 11. The summed E-state index contributed by atoms with van der Waals surface area (Å²) in [5.41, 5.74) is 13.1. The predicted molar refractivity (Wildman–Crippen MR) is 210 cm³/mol. The standard InChI is InChI=1S/C38H54N12O7/c1-4-20(2)30-35(55)46-27(16-23-18-41-19-44-23)33(53)45-26(11-7-13-42-38(39)40)32(52)47-28(15-22-17-43-25-10-6-5-9-24(22)25)37(57)50-14-8-12-29(50)34(54)49-31(21(3)51)36(56)48-30/h5-6,9-10,17-21,26-31,43,51H,4,7-8,11-16H2,1-3H3,(H,41,44)(H,45,53)(H,46,55)(H,47,52)(H,48,56)(H,49,54)(H4,39,40,42)/t20-,21+,26-,27+,28-,29+,30-,31-/m0/s1. The Bertz CT molecular complexity index is 1920. The second kappa shape index (κ2) is 19.2. The Kier molecular flexibility index (Phi) is 14.2. The number of carbonyl (C=O) groups is 6. The molecule has 2 aromatic heterocycles. The van der Waals surface area contributed by atoms with Gasteiger partial charge in [-0.25, -0.2) is 4.98 Å². The van der Waals surface area contributed by atoms with Gasteiger partial charge >= 0.3 is 0 Å². The summed E-state index contributed by atoms with van der Waals surface area (Å²) in [5, 5.41) is 25.2. The number of H-pyrrole nitrogens is 2. The van der Waals surface area contributed by atoms with Crippen molar-refractivity contribution in [1.29, 1.82) is 0 Å². The van der Waals surface area contributed by atoms with E-state index in [0.717, 1.165) is 16.5 Å². The second-order valence-corrected chi connectivity index (χ2v) is 14.8. The van der Waals surface area contributed by atoms with Crippen molar-refractivity contribution >= 4 is 52.3 Å². The number of amides is 6. The number of hydrogen-bond donors (Lipinski definition) is 10. The zero-order valence-electron chi connectivity index (χ0n) is 32.4. The number of hydrogen-bond acceptors (Lipinski definition) is 9. The Morgan fingerprint density at radius 2 is 1.56 bits per heavy atom. The normalized spacial score (nSPS) is 25.2. The molecule has 6 amide bonds. The number of aliphatic hydroxyl groups is 1. The number of para-hydroxylation sites is 1. The SMILES string of the molecule is CC[C@H](C)[C@@H]1NC(=O)[C@H]([C@@H](C)O)NC(=O)[C@H]2CCCN2C(=O)[C@H](Cc2c[nH]c3ccccc23)NC(=O)[C@H](CCCN=C(N)N)NC(=O)[C@@H](Cc2cnc[nH]2)NC1=O. The van der Waals surface area contributed by atoms with Crippen LogP contribution in [0.4, 0.5) is 0 Å². The molecule has 3 aromatic rings. The average molecular weight is 791 g/mol. The fourth-order valence-electron chi connectivity index (χ4n) is 7.23. The monoisotopic (exact) mass is 790 g/mol. The largest absolute Gasteiger partial charge is 0.391 e. The third-order valence-corrected chi connectivity index (χ3v) is 10.6. The molecule has 2 aliphatic heterocycles. The van der Waals surface area contributed by atoms with Gasteiger partial charge in [-0.05, 0) is 50.2 Å². The smallest absolute Gasteiger partial charge is 0.246 e. The van der Waals surface area contributed by atoms with Crippen LogP contribution >= 0.6 is 0 Å². The van der Waals surface area contributed by atoms with Crippen LogP contribution < -0.4 is 38.1 Å². The molecule has 0 bridgehead atoms. The number of nitrogens with one attached hydrogen (secondary N) is 7. The summed E-state index contributed by atoms with van der Waals surface area (Å²) in [5.74, 6) is -4.74. The number of carbonyl (C=O) groups excluding carboxylic acids is 6. The molecule has 2 saturated heterocycles. The van der Waals surface area contributed by atoms with Crippen LogP contribution in [0.2, 0.25) is 0 Å². The lowest BCUT2D eigenvalue weighted by atomic mass is 9.96. The highest BCUT2D eigenvalue weighted by Crippen LogP contribution is 2.24. The molecule has 1 aromatic carbocycles. The van der Waals surface area contributed by atoms with E-state index in [-0.39, 0.29) is 51.2 Å². The van der Waals surface area contributed by atoms with E-state index in [1.807, 2.05) is 31.2 Å². The van der Waals surface area contributed by atoms with Crippen LogP contribution in [0.25, 0.3) is 10.9 Å². The molecule has 5 rings (SSSR count). The number of guanidine groups is 1. The molecule has 12 N–H and O–H groups in total. The van der Waals surface area contributed by atoms with Crippen molar-refractivity contribution in [2.45, 2.75) is 108 Å². The van der Waals surface area contributed by atoms with E-state index in [4.69, 9.17) is 11.5 Å². The molecule has 19 heteroatoms. The van der Waals surface area contributed by atoms with Crippen molar-refractivity contribution in [3.05, 3.63) is 54.2 Å². The van der Waals surface area contributed by atoms with Gasteiger partial charge in [-0.1, -0.05) is 38.5 Å². The Morgan fingerprint density at radius 1 is 0.877 bits per heavy atom. The summed E-state index contributed by atoms with van der Waals surface area (Å²) >= 11 is 0. The molecule has 0 saturated carbocycles. The summed E-state index contributed by atoms with van der Waals surface area (Å²) in [6.07, 6.45) is 4.70. The van der Waals surface area contributed by atoms with Crippen LogP contribution in [0.3, 0.4) is 0 Å². The number of imidazole rings is 1. The number of nitrogens with zero attached hydrogens (tertiary/aromatic N) is 3. The first-order chi connectivity index (χ1) is 27.3. The summed E-state index contributed by atoms with van der Waals surface area (Å²) in [4.78, 5) is 100. The lowest BCUT2D eigenvalue weighted by molar-refractivity contribution is -0.143. The number of benzene rings is 1. The molecule has 0 aliphatic carbocycles. The molecule has 19 nitrogen and oxygen atoms in total. The fraction of sp³-hybridized carbons (Fsp3) is 0.526. The zero-order chi connectivity index (χ0) is 41.2. The minimum atomic E-state index is -1.49. The van der Waals surface area contributed by atoms with E-state index < -0.39 is 83.7 Å². The lowest BCUT2D eigenvalue weighted by Gasteiger charge is -2.32. The molecule has 308 valence electrons. The van der Waals surface area contributed by atoms with Crippen LogP contribution in [-0.2, 0) is 41.6 Å². The zero-order valence-corrected chi connectivity index (χ0v) is 32.4. The quantitative estimate of drug-likeness (QED) is 0.0615. The van der Waals surface area contributed by atoms with Crippen LogP contribution in [0, 0.1) is 5.92 Å². The molecule has 0 radical (unpaired) electrons.